The fourth-order valence-corrected chi connectivity index (χ4v) is 5.27. The normalized spacial score (nSPS) is 16.9. The van der Waals surface area contributed by atoms with Crippen LogP contribution in [0.3, 0.4) is 0 Å². The van der Waals surface area contributed by atoms with Gasteiger partial charge in [0, 0.05) is 22.3 Å². The van der Waals surface area contributed by atoms with Crippen molar-refractivity contribution in [2.45, 2.75) is 29.0 Å². The molecule has 2 aromatic heterocycles. The predicted octanol–water partition coefficient (Wildman–Crippen LogP) is 2.76. The van der Waals surface area contributed by atoms with Crippen LogP contribution in [0.4, 0.5) is 8.78 Å². The first-order chi connectivity index (χ1) is 16.3. The van der Waals surface area contributed by atoms with Crippen LogP contribution in [0.25, 0.3) is 11.4 Å². The quantitative estimate of drug-likeness (QED) is 0.449. The van der Waals surface area contributed by atoms with Crippen LogP contribution in [0, 0.1) is 11.3 Å². The van der Waals surface area contributed by atoms with Crippen LogP contribution in [0.1, 0.15) is 21.9 Å². The second kappa shape index (κ2) is 10.00. The maximum Gasteiger partial charge on any atom is 0.271 e. The third-order valence-corrected chi connectivity index (χ3v) is 7.16. The smallest absolute Gasteiger partial charge is 0.271 e. The fourth-order valence-electron chi connectivity index (χ4n) is 3.21. The minimum absolute atomic E-state index is 0.113. The van der Waals surface area contributed by atoms with Crippen molar-refractivity contribution in [1.29, 1.82) is 5.26 Å². The van der Waals surface area contributed by atoms with E-state index < -0.39 is 43.3 Å². The molecule has 2 amide bonds. The van der Waals surface area contributed by atoms with Gasteiger partial charge in [-0.25, -0.2) is 13.8 Å². The monoisotopic (exact) mass is 524 g/mol. The first-order valence-corrected chi connectivity index (χ1v) is 12.0. The molecule has 0 radical (unpaired) electrons. The van der Waals surface area contributed by atoms with Gasteiger partial charge in [0.15, 0.2) is 0 Å². The topological polar surface area (TPSA) is 141 Å². The van der Waals surface area contributed by atoms with E-state index in [0.29, 0.717) is 27.2 Å². The summed E-state index contributed by atoms with van der Waals surface area (Å²) in [7, 11) is 0. The molecule has 0 unspecified atom stereocenters. The number of amides is 2. The molecule has 10 nitrogen and oxygen atoms in total. The van der Waals surface area contributed by atoms with Crippen LogP contribution >= 0.6 is 34.7 Å². The molecule has 0 spiro atoms. The number of likely N-dealkylation sites (tertiary alicyclic amines) is 1. The van der Waals surface area contributed by atoms with E-state index in [4.69, 9.17) is 16.9 Å². The highest BCUT2D eigenvalue weighted by Gasteiger charge is 2.47. The largest absolute Gasteiger partial charge is 0.342 e. The number of hydrogen-bond donors (Lipinski definition) is 2. The number of alkyl halides is 2. The number of carbonyl (C=O) groups is 2. The van der Waals surface area contributed by atoms with Gasteiger partial charge < -0.3 is 10.2 Å². The van der Waals surface area contributed by atoms with Gasteiger partial charge >= 0.3 is 0 Å². The lowest BCUT2D eigenvalue weighted by atomic mass is 10.2. The first kappa shape index (κ1) is 24.0. The molecule has 15 heteroatoms. The lowest BCUT2D eigenvalue weighted by molar-refractivity contribution is -0.131. The van der Waals surface area contributed by atoms with Gasteiger partial charge in [0.1, 0.15) is 16.7 Å². The Morgan fingerprint density at radius 2 is 2.26 bits per heavy atom. The summed E-state index contributed by atoms with van der Waals surface area (Å²) in [5, 5.41) is 27.7. The Bertz CT molecular complexity index is 1250. The Morgan fingerprint density at radius 1 is 1.44 bits per heavy atom. The van der Waals surface area contributed by atoms with Crippen molar-refractivity contribution in [1.82, 2.24) is 35.8 Å². The van der Waals surface area contributed by atoms with Crippen molar-refractivity contribution in [2.75, 3.05) is 13.1 Å². The number of thioether (sulfide) groups is 1. The highest BCUT2D eigenvalue weighted by molar-refractivity contribution is 7.98. The molecular weight excluding hydrogens is 510 g/mol. The van der Waals surface area contributed by atoms with E-state index in [0.717, 1.165) is 9.80 Å². The summed E-state index contributed by atoms with van der Waals surface area (Å²) < 4.78 is 27.0. The van der Waals surface area contributed by atoms with E-state index in [1.165, 1.54) is 23.1 Å². The molecule has 0 aliphatic carbocycles. The zero-order chi connectivity index (χ0) is 24.3. The van der Waals surface area contributed by atoms with Gasteiger partial charge in [-0.05, 0) is 23.4 Å². The second-order valence-corrected chi connectivity index (χ2v) is 9.60. The molecule has 1 fully saturated rings. The Balaban J connectivity index is 1.29. The molecule has 4 rings (SSSR count). The molecule has 1 aliphatic heterocycles. The summed E-state index contributed by atoms with van der Waals surface area (Å²) in [6, 6.07) is 5.88. The summed E-state index contributed by atoms with van der Waals surface area (Å²) in [6.07, 6.45) is -0.707. The number of carbonyl (C=O) groups excluding carboxylic acids is 2. The summed E-state index contributed by atoms with van der Waals surface area (Å²) in [4.78, 5) is 30.5. The van der Waals surface area contributed by atoms with Gasteiger partial charge in [-0.1, -0.05) is 11.6 Å². The van der Waals surface area contributed by atoms with E-state index in [9.17, 15) is 18.4 Å². The van der Waals surface area contributed by atoms with E-state index >= 15 is 0 Å². The van der Waals surface area contributed by atoms with Crippen molar-refractivity contribution < 1.29 is 18.4 Å². The molecule has 176 valence electrons. The number of nitrogens with zero attached hydrogens (tertiary/aromatic N) is 6. The van der Waals surface area contributed by atoms with Crippen LogP contribution in [0.2, 0.25) is 5.02 Å². The molecule has 3 heterocycles. The van der Waals surface area contributed by atoms with Crippen LogP contribution in [-0.2, 0) is 10.5 Å². The average molecular weight is 525 g/mol. The fraction of sp³-hybridized carbons (Fsp3) is 0.316. The second-order valence-electron chi connectivity index (χ2n) is 7.20. The molecule has 3 aromatic rings. The van der Waals surface area contributed by atoms with Gasteiger partial charge in [-0.3, -0.25) is 9.59 Å². The molecule has 2 N–H and O–H groups in total. The third kappa shape index (κ3) is 5.49. The molecule has 0 bridgehead atoms. The molecule has 0 saturated carbocycles. The Hall–Kier alpha value is -3.15. The standard InChI is InChI=1S/C19H15ClF2N8O2S2/c20-13-3-11(1-2-12(13)17-26-28-29-27-17)33-8-15-25-14(7-34-15)18(32)24-6-16(31)30-9-19(21,22)4-10(30)5-23/h1-3,7,10H,4,6,8-9H2,(H,24,32)(H,26,27,28,29)/t10-/m0/s1. The van der Waals surface area contributed by atoms with Crippen LogP contribution < -0.4 is 5.32 Å². The molecule has 34 heavy (non-hydrogen) atoms. The summed E-state index contributed by atoms with van der Waals surface area (Å²) in [5.74, 6) is -3.60. The number of aromatic amines is 1. The number of H-pyrrole nitrogens is 1. The Labute approximate surface area is 204 Å². The summed E-state index contributed by atoms with van der Waals surface area (Å²) in [5.41, 5.74) is 0.753. The van der Waals surface area contributed by atoms with E-state index in [-0.39, 0.29) is 5.69 Å². The predicted molar refractivity (Wildman–Crippen MR) is 119 cm³/mol. The van der Waals surface area contributed by atoms with Gasteiger partial charge in [0.05, 0.1) is 29.9 Å². The summed E-state index contributed by atoms with van der Waals surface area (Å²) in [6.45, 7) is -1.34. The summed E-state index contributed by atoms with van der Waals surface area (Å²) >= 11 is 9.03. The van der Waals surface area contributed by atoms with E-state index in [2.05, 4.69) is 30.9 Å². The van der Waals surface area contributed by atoms with Gasteiger partial charge in [0.25, 0.3) is 11.8 Å². The number of rotatable bonds is 7. The van der Waals surface area contributed by atoms with Crippen molar-refractivity contribution in [3.8, 4) is 17.5 Å². The minimum Gasteiger partial charge on any atom is -0.342 e. The zero-order valence-electron chi connectivity index (χ0n) is 17.2. The maximum absolute atomic E-state index is 13.5. The van der Waals surface area contributed by atoms with Crippen LogP contribution in [-0.4, -0.2) is 67.4 Å². The minimum atomic E-state index is -3.11. The number of hydrogen-bond acceptors (Lipinski definition) is 9. The average Bonchev–Trinajstić information content (AvgIpc) is 3.55. The number of thiazole rings is 1. The van der Waals surface area contributed by atoms with Crippen molar-refractivity contribution in [3.63, 3.8) is 0 Å². The van der Waals surface area contributed by atoms with E-state index in [1.54, 1.807) is 23.6 Å². The number of halogens is 3. The third-order valence-electron chi connectivity index (χ3n) is 4.81. The number of nitrogens with one attached hydrogen (secondary N) is 2. The lowest BCUT2D eigenvalue weighted by Gasteiger charge is -2.19. The lowest BCUT2D eigenvalue weighted by Crippen LogP contribution is -2.43. The molecule has 1 atom stereocenters. The Morgan fingerprint density at radius 3 is 2.97 bits per heavy atom. The van der Waals surface area contributed by atoms with Crippen molar-refractivity contribution in [2.24, 2.45) is 0 Å². The molecule has 1 saturated heterocycles. The molecule has 1 aliphatic rings. The number of aromatic nitrogens is 5. The van der Waals surface area contributed by atoms with Gasteiger partial charge in [-0.15, -0.1) is 33.3 Å². The highest BCUT2D eigenvalue weighted by atomic mass is 35.5. The Kier molecular flexibility index (Phi) is 7.05. The number of nitriles is 1. The van der Waals surface area contributed by atoms with Crippen LogP contribution in [0.5, 0.6) is 0 Å². The number of benzene rings is 1. The SMILES string of the molecule is N#C[C@@H]1CC(F)(F)CN1C(=O)CNC(=O)c1csc(CSc2ccc(-c3nn[nH]n3)c(Cl)c2)n1. The first-order valence-electron chi connectivity index (χ1n) is 9.71. The number of tetrazole rings is 1. The van der Waals surface area contributed by atoms with Crippen molar-refractivity contribution >= 4 is 46.5 Å². The van der Waals surface area contributed by atoms with Crippen molar-refractivity contribution in [3.05, 3.63) is 39.3 Å². The van der Waals surface area contributed by atoms with E-state index in [1.807, 2.05) is 6.07 Å². The zero-order valence-corrected chi connectivity index (χ0v) is 19.6. The molecule has 1 aromatic carbocycles. The maximum atomic E-state index is 13.5. The molecular formula is C19H15ClF2N8O2S2. The highest BCUT2D eigenvalue weighted by Crippen LogP contribution is 2.32. The van der Waals surface area contributed by atoms with Gasteiger partial charge in [-0.2, -0.15) is 10.5 Å². The van der Waals surface area contributed by atoms with Crippen LogP contribution in [0.15, 0.2) is 28.5 Å². The van der Waals surface area contributed by atoms with Gasteiger partial charge in [0.2, 0.25) is 11.7 Å².